The maximum Gasteiger partial charge on any atom is 0.341 e. The van der Waals surface area contributed by atoms with Crippen LogP contribution in [-0.2, 0) is 0 Å². The van der Waals surface area contributed by atoms with Crippen LogP contribution in [0.1, 0.15) is 10.4 Å². The molecule has 1 saturated heterocycles. The lowest BCUT2D eigenvalue weighted by Crippen LogP contribution is -2.47. The second kappa shape index (κ2) is 9.29. The van der Waals surface area contributed by atoms with Crippen molar-refractivity contribution in [3.8, 4) is 11.4 Å². The number of carboxylic acid groups (broad SMARTS) is 1. The Hall–Kier alpha value is -4.47. The number of para-hydroxylation sites is 2. The lowest BCUT2D eigenvalue weighted by Gasteiger charge is -2.37. The molecule has 1 N–H and O–H groups in total. The number of fused-ring (bicyclic) bond motifs is 1. The molecule has 10 heteroatoms. The first-order valence-corrected chi connectivity index (χ1v) is 11.3. The van der Waals surface area contributed by atoms with E-state index in [-0.39, 0.29) is 16.9 Å². The summed E-state index contributed by atoms with van der Waals surface area (Å²) in [5.41, 5.74) is 0.0362. The smallest absolute Gasteiger partial charge is 0.341 e. The van der Waals surface area contributed by atoms with E-state index in [2.05, 4.69) is 9.88 Å². The fourth-order valence-electron chi connectivity index (χ4n) is 4.44. The van der Waals surface area contributed by atoms with E-state index in [4.69, 9.17) is 4.74 Å². The molecule has 0 amide bonds. The summed E-state index contributed by atoms with van der Waals surface area (Å²) < 4.78 is 35.6. The molecule has 0 unspecified atom stereocenters. The van der Waals surface area contributed by atoms with Gasteiger partial charge in [0, 0.05) is 38.1 Å². The van der Waals surface area contributed by atoms with Crippen molar-refractivity contribution in [3.05, 3.63) is 88.2 Å². The Labute approximate surface area is 204 Å². The predicted molar refractivity (Wildman–Crippen MR) is 132 cm³/mol. The van der Waals surface area contributed by atoms with Gasteiger partial charge in [-0.25, -0.2) is 18.6 Å². The highest BCUT2D eigenvalue weighted by Gasteiger charge is 2.25. The second-order valence-corrected chi connectivity index (χ2v) is 8.33. The number of nitrogens with zero attached hydrogens (tertiary/aromatic N) is 4. The highest BCUT2D eigenvalue weighted by Crippen LogP contribution is 2.30. The van der Waals surface area contributed by atoms with Crippen LogP contribution in [0.4, 0.5) is 20.3 Å². The zero-order valence-corrected chi connectivity index (χ0v) is 19.3. The molecule has 5 rings (SSSR count). The first kappa shape index (κ1) is 23.3. The van der Waals surface area contributed by atoms with Crippen LogP contribution in [0.15, 0.2) is 65.6 Å². The fraction of sp³-hybridized carbons (Fsp3) is 0.192. The van der Waals surface area contributed by atoms with Crippen LogP contribution in [0.25, 0.3) is 16.7 Å². The van der Waals surface area contributed by atoms with Crippen LogP contribution < -0.4 is 20.0 Å². The molecular formula is C26H22F2N4O4. The van der Waals surface area contributed by atoms with Crippen molar-refractivity contribution in [3.63, 3.8) is 0 Å². The molecule has 0 atom stereocenters. The minimum Gasteiger partial charge on any atom is -0.495 e. The number of anilines is 2. The second-order valence-electron chi connectivity index (χ2n) is 8.33. The minimum atomic E-state index is -1.45. The minimum absolute atomic E-state index is 0.0560. The summed E-state index contributed by atoms with van der Waals surface area (Å²) in [4.78, 5) is 32.9. The van der Waals surface area contributed by atoms with Crippen LogP contribution in [0.3, 0.4) is 0 Å². The Morgan fingerprint density at radius 3 is 2.33 bits per heavy atom. The average molecular weight is 492 g/mol. The topological polar surface area (TPSA) is 87.9 Å². The van der Waals surface area contributed by atoms with Crippen LogP contribution in [-0.4, -0.2) is 53.9 Å². The summed E-state index contributed by atoms with van der Waals surface area (Å²) in [5.74, 6) is -1.84. The third-order valence-corrected chi connectivity index (χ3v) is 6.25. The number of pyridine rings is 2. The van der Waals surface area contributed by atoms with Crippen molar-refractivity contribution in [2.45, 2.75) is 0 Å². The Kier molecular flexibility index (Phi) is 6.01. The molecule has 4 aromatic rings. The number of rotatable bonds is 5. The molecule has 1 aliphatic rings. The van der Waals surface area contributed by atoms with Gasteiger partial charge in [-0.3, -0.25) is 4.79 Å². The number of ether oxygens (including phenoxy) is 1. The molecule has 2 aromatic carbocycles. The van der Waals surface area contributed by atoms with E-state index in [1.54, 1.807) is 12.0 Å². The Morgan fingerprint density at radius 2 is 1.67 bits per heavy atom. The number of hydrogen-bond donors (Lipinski definition) is 1. The molecule has 0 aliphatic carbocycles. The number of aromatic carboxylic acids is 1. The van der Waals surface area contributed by atoms with Crippen molar-refractivity contribution < 1.29 is 23.4 Å². The molecule has 1 fully saturated rings. The third kappa shape index (κ3) is 4.10. The van der Waals surface area contributed by atoms with Crippen LogP contribution in [0.2, 0.25) is 0 Å². The van der Waals surface area contributed by atoms with E-state index in [0.717, 1.165) is 23.7 Å². The van der Waals surface area contributed by atoms with Gasteiger partial charge in [0.2, 0.25) is 5.43 Å². The van der Waals surface area contributed by atoms with Crippen LogP contribution in [0, 0.1) is 11.6 Å². The SMILES string of the molecule is COc1ccccc1N1CCN(c2nc3c(cc2F)c(=O)c(C(=O)O)cn3-c2ccc(F)cc2)CC1. The van der Waals surface area contributed by atoms with Gasteiger partial charge in [-0.05, 0) is 42.5 Å². The number of methoxy groups -OCH3 is 1. The van der Waals surface area contributed by atoms with Crippen molar-refractivity contribution >= 4 is 28.5 Å². The van der Waals surface area contributed by atoms with Crippen molar-refractivity contribution in [1.29, 1.82) is 0 Å². The molecule has 8 nitrogen and oxygen atoms in total. The Balaban J connectivity index is 1.55. The molecule has 36 heavy (non-hydrogen) atoms. The first-order valence-electron chi connectivity index (χ1n) is 11.3. The van der Waals surface area contributed by atoms with E-state index in [1.807, 2.05) is 24.3 Å². The summed E-state index contributed by atoms with van der Waals surface area (Å²) in [7, 11) is 1.61. The number of carboxylic acids is 1. The van der Waals surface area contributed by atoms with E-state index in [0.29, 0.717) is 31.9 Å². The number of aromatic nitrogens is 2. The lowest BCUT2D eigenvalue weighted by atomic mass is 10.1. The molecule has 0 saturated carbocycles. The van der Waals surface area contributed by atoms with E-state index < -0.39 is 28.6 Å². The van der Waals surface area contributed by atoms with Gasteiger partial charge in [0.15, 0.2) is 17.3 Å². The van der Waals surface area contributed by atoms with E-state index in [9.17, 15) is 19.1 Å². The van der Waals surface area contributed by atoms with Gasteiger partial charge in [-0.15, -0.1) is 0 Å². The third-order valence-electron chi connectivity index (χ3n) is 6.25. The molecule has 2 aromatic heterocycles. The fourth-order valence-corrected chi connectivity index (χ4v) is 4.44. The zero-order chi connectivity index (χ0) is 25.4. The maximum absolute atomic E-state index is 15.3. The monoisotopic (exact) mass is 492 g/mol. The molecule has 0 spiro atoms. The average Bonchev–Trinajstić information content (AvgIpc) is 2.89. The van der Waals surface area contributed by atoms with Gasteiger partial charge in [-0.2, -0.15) is 0 Å². The summed E-state index contributed by atoms with van der Waals surface area (Å²) in [6.45, 7) is 2.09. The largest absolute Gasteiger partial charge is 0.495 e. The zero-order valence-electron chi connectivity index (χ0n) is 19.3. The highest BCUT2D eigenvalue weighted by atomic mass is 19.1. The number of hydrogen-bond acceptors (Lipinski definition) is 6. The Morgan fingerprint density at radius 1 is 1.00 bits per heavy atom. The van der Waals surface area contributed by atoms with Crippen molar-refractivity contribution in [1.82, 2.24) is 9.55 Å². The van der Waals surface area contributed by atoms with Crippen molar-refractivity contribution in [2.24, 2.45) is 0 Å². The quantitative estimate of drug-likeness (QED) is 0.455. The standard InChI is InChI=1S/C26H22F2N4O4/c1-36-22-5-3-2-4-21(22)30-10-12-31(13-11-30)25-20(28)14-18-23(33)19(26(34)35)15-32(24(18)29-25)17-8-6-16(27)7-9-17/h2-9,14-15H,10-13H2,1H3,(H,34,35). The van der Waals surface area contributed by atoms with E-state index in [1.165, 1.54) is 28.8 Å². The first-order chi connectivity index (χ1) is 17.4. The summed E-state index contributed by atoms with van der Waals surface area (Å²) in [6, 6.07) is 14.0. The summed E-state index contributed by atoms with van der Waals surface area (Å²) >= 11 is 0. The number of carbonyl (C=O) groups is 1. The van der Waals surface area contributed by atoms with Gasteiger partial charge in [-0.1, -0.05) is 12.1 Å². The normalized spacial score (nSPS) is 13.8. The highest BCUT2D eigenvalue weighted by molar-refractivity contribution is 5.92. The van der Waals surface area contributed by atoms with Gasteiger partial charge in [0.05, 0.1) is 18.2 Å². The number of benzene rings is 2. The lowest BCUT2D eigenvalue weighted by molar-refractivity contribution is 0.0695. The molecule has 184 valence electrons. The molecule has 0 radical (unpaired) electrons. The number of halogens is 2. The van der Waals surface area contributed by atoms with Gasteiger partial charge >= 0.3 is 5.97 Å². The molecule has 0 bridgehead atoms. The maximum atomic E-state index is 15.3. The molecule has 3 heterocycles. The predicted octanol–water partition coefficient (Wildman–Crippen LogP) is 3.70. The van der Waals surface area contributed by atoms with Crippen LogP contribution >= 0.6 is 0 Å². The van der Waals surface area contributed by atoms with Gasteiger partial charge < -0.3 is 24.2 Å². The summed E-state index contributed by atoms with van der Waals surface area (Å²) in [5, 5.41) is 9.34. The van der Waals surface area contributed by atoms with Crippen molar-refractivity contribution in [2.75, 3.05) is 43.1 Å². The number of piperazine rings is 1. The van der Waals surface area contributed by atoms with E-state index >= 15 is 4.39 Å². The Bertz CT molecular complexity index is 1510. The molecular weight excluding hydrogens is 470 g/mol. The molecule has 1 aliphatic heterocycles. The summed E-state index contributed by atoms with van der Waals surface area (Å²) in [6.07, 6.45) is 1.13. The van der Waals surface area contributed by atoms with Crippen LogP contribution in [0.5, 0.6) is 5.75 Å². The van der Waals surface area contributed by atoms with Gasteiger partial charge in [0.1, 0.15) is 17.1 Å². The van der Waals surface area contributed by atoms with Gasteiger partial charge in [0.25, 0.3) is 0 Å².